The molecule has 0 bridgehead atoms. The number of amides is 2. The number of aryl methyl sites for hydroxylation is 1. The monoisotopic (exact) mass is 461 g/mol. The number of pyridine rings is 1. The van der Waals surface area contributed by atoms with Gasteiger partial charge in [0.1, 0.15) is 18.1 Å². The summed E-state index contributed by atoms with van der Waals surface area (Å²) >= 11 is 6.35. The van der Waals surface area contributed by atoms with Crippen LogP contribution in [0.15, 0.2) is 54.7 Å². The van der Waals surface area contributed by atoms with Crippen molar-refractivity contribution < 1.29 is 14.3 Å². The first-order chi connectivity index (χ1) is 16.0. The van der Waals surface area contributed by atoms with E-state index >= 15 is 0 Å². The molecule has 0 N–H and O–H groups in total. The van der Waals surface area contributed by atoms with Crippen molar-refractivity contribution in [2.75, 3.05) is 25.1 Å². The number of hydrogen-bond acceptors (Lipinski definition) is 4. The summed E-state index contributed by atoms with van der Waals surface area (Å²) in [7, 11) is 1.64. The zero-order chi connectivity index (χ0) is 22.9. The van der Waals surface area contributed by atoms with Crippen molar-refractivity contribution in [3.8, 4) is 16.9 Å². The number of ether oxygens (including phenoxy) is 1. The highest BCUT2D eigenvalue weighted by Gasteiger charge is 2.30. The number of hydrogen-bond donors (Lipinski definition) is 0. The van der Waals surface area contributed by atoms with Gasteiger partial charge in [0.05, 0.1) is 7.11 Å². The molecule has 2 aliphatic rings. The van der Waals surface area contributed by atoms with Crippen LogP contribution >= 0.6 is 11.6 Å². The van der Waals surface area contributed by atoms with Gasteiger partial charge in [-0.15, -0.1) is 0 Å². The molecule has 6 nitrogen and oxygen atoms in total. The van der Waals surface area contributed by atoms with E-state index in [1.807, 2.05) is 42.5 Å². The SMILES string of the molecule is COc1ccc2c(c1)CN(C(=O)CN1C(=O)CCc3cc(-c4ccccc4Cl)cnc31)CC2. The molecule has 1 aromatic heterocycles. The Kier molecular flexibility index (Phi) is 5.77. The summed E-state index contributed by atoms with van der Waals surface area (Å²) < 4.78 is 5.33. The van der Waals surface area contributed by atoms with Crippen LogP contribution in [-0.2, 0) is 29.0 Å². The Hall–Kier alpha value is -3.38. The van der Waals surface area contributed by atoms with Crippen LogP contribution in [0.25, 0.3) is 11.1 Å². The standard InChI is InChI=1S/C26H24ClN3O3/c1-33-21-8-6-17-10-11-29(15-20(17)13-21)25(32)16-30-24(31)9-7-18-12-19(14-28-26(18)30)22-4-2-3-5-23(22)27/h2-6,8,12-14H,7,9-11,15-16H2,1H3. The molecule has 3 aromatic rings. The fourth-order valence-electron chi connectivity index (χ4n) is 4.54. The number of fused-ring (bicyclic) bond motifs is 2. The molecule has 0 saturated carbocycles. The molecule has 33 heavy (non-hydrogen) atoms. The molecule has 0 spiro atoms. The van der Waals surface area contributed by atoms with Crippen molar-refractivity contribution in [3.63, 3.8) is 0 Å². The maximum Gasteiger partial charge on any atom is 0.243 e. The van der Waals surface area contributed by atoms with Crippen molar-refractivity contribution in [3.05, 3.63) is 76.4 Å². The van der Waals surface area contributed by atoms with Crippen LogP contribution < -0.4 is 9.64 Å². The Morgan fingerprint density at radius 2 is 1.91 bits per heavy atom. The Morgan fingerprint density at radius 1 is 1.06 bits per heavy atom. The number of aromatic nitrogens is 1. The van der Waals surface area contributed by atoms with Crippen LogP contribution in [0, 0.1) is 0 Å². The molecule has 0 unspecified atom stereocenters. The summed E-state index contributed by atoms with van der Waals surface area (Å²) in [5.74, 6) is 1.19. The first-order valence-electron chi connectivity index (χ1n) is 11.0. The molecule has 168 valence electrons. The van der Waals surface area contributed by atoms with Crippen molar-refractivity contribution >= 4 is 29.2 Å². The number of halogens is 1. The first-order valence-corrected chi connectivity index (χ1v) is 11.4. The van der Waals surface area contributed by atoms with Crippen LogP contribution in [0.2, 0.25) is 5.02 Å². The Balaban J connectivity index is 1.36. The molecule has 0 atom stereocenters. The van der Waals surface area contributed by atoms with Gasteiger partial charge in [0.2, 0.25) is 11.8 Å². The zero-order valence-electron chi connectivity index (χ0n) is 18.4. The largest absolute Gasteiger partial charge is 0.497 e. The smallest absolute Gasteiger partial charge is 0.243 e. The van der Waals surface area contributed by atoms with Crippen LogP contribution in [0.5, 0.6) is 5.75 Å². The highest BCUT2D eigenvalue weighted by Crippen LogP contribution is 2.33. The second-order valence-corrected chi connectivity index (χ2v) is 8.77. The number of rotatable bonds is 4. The summed E-state index contributed by atoms with van der Waals surface area (Å²) in [6, 6.07) is 15.6. The van der Waals surface area contributed by atoms with Gasteiger partial charge in [-0.05, 0) is 53.8 Å². The predicted molar refractivity (Wildman–Crippen MR) is 127 cm³/mol. The Bertz CT molecular complexity index is 1240. The summed E-state index contributed by atoms with van der Waals surface area (Å²) in [5.41, 5.74) is 5.07. The number of carbonyl (C=O) groups excluding carboxylic acids is 2. The van der Waals surface area contributed by atoms with E-state index < -0.39 is 0 Å². The van der Waals surface area contributed by atoms with Crippen molar-refractivity contribution in [1.82, 2.24) is 9.88 Å². The number of carbonyl (C=O) groups is 2. The van der Waals surface area contributed by atoms with Gasteiger partial charge in [-0.3, -0.25) is 14.5 Å². The molecule has 0 fully saturated rings. The maximum atomic E-state index is 13.2. The molecular weight excluding hydrogens is 438 g/mol. The van der Waals surface area contributed by atoms with Crippen LogP contribution in [-0.4, -0.2) is 41.9 Å². The molecule has 7 heteroatoms. The van der Waals surface area contributed by atoms with E-state index in [9.17, 15) is 9.59 Å². The molecular formula is C26H24ClN3O3. The topological polar surface area (TPSA) is 62.7 Å². The van der Waals surface area contributed by atoms with E-state index in [-0.39, 0.29) is 18.4 Å². The summed E-state index contributed by atoms with van der Waals surface area (Å²) in [6.45, 7) is 1.13. The molecule has 0 radical (unpaired) electrons. The van der Waals surface area contributed by atoms with Crippen molar-refractivity contribution in [1.29, 1.82) is 0 Å². The lowest BCUT2D eigenvalue weighted by atomic mass is 9.98. The molecule has 2 aromatic carbocycles. The third-order valence-corrected chi connectivity index (χ3v) is 6.69. The minimum absolute atomic E-state index is 0.0103. The third-order valence-electron chi connectivity index (χ3n) is 6.36. The maximum absolute atomic E-state index is 13.2. The molecule has 2 amide bonds. The Morgan fingerprint density at radius 3 is 2.73 bits per heavy atom. The number of methoxy groups -OCH3 is 1. The van der Waals surface area contributed by atoms with E-state index in [4.69, 9.17) is 16.3 Å². The summed E-state index contributed by atoms with van der Waals surface area (Å²) in [4.78, 5) is 33.8. The molecule has 2 aliphatic heterocycles. The second-order valence-electron chi connectivity index (χ2n) is 8.37. The first kappa shape index (κ1) is 21.5. The number of benzene rings is 2. The summed E-state index contributed by atoms with van der Waals surface area (Å²) in [6.07, 6.45) is 3.46. The van der Waals surface area contributed by atoms with Crippen molar-refractivity contribution in [2.24, 2.45) is 0 Å². The van der Waals surface area contributed by atoms with Crippen LogP contribution in [0.1, 0.15) is 23.1 Å². The van der Waals surface area contributed by atoms with E-state index in [1.54, 1.807) is 18.2 Å². The minimum atomic E-state index is -0.0818. The third kappa shape index (κ3) is 4.18. The molecule has 5 rings (SSSR count). The van der Waals surface area contributed by atoms with E-state index in [0.717, 1.165) is 34.4 Å². The molecule has 3 heterocycles. The number of nitrogens with zero attached hydrogens (tertiary/aromatic N) is 3. The van der Waals surface area contributed by atoms with Gasteiger partial charge < -0.3 is 9.64 Å². The molecule has 0 aliphatic carbocycles. The lowest BCUT2D eigenvalue weighted by molar-refractivity contribution is -0.132. The lowest BCUT2D eigenvalue weighted by Crippen LogP contribution is -2.46. The second kappa shape index (κ2) is 8.87. The zero-order valence-corrected chi connectivity index (χ0v) is 19.1. The minimum Gasteiger partial charge on any atom is -0.497 e. The fraction of sp³-hybridized carbons (Fsp3) is 0.269. The van der Waals surface area contributed by atoms with Crippen molar-refractivity contribution in [2.45, 2.75) is 25.8 Å². The van der Waals surface area contributed by atoms with Gasteiger partial charge in [0, 0.05) is 41.9 Å². The lowest BCUT2D eigenvalue weighted by Gasteiger charge is -2.33. The summed E-state index contributed by atoms with van der Waals surface area (Å²) in [5, 5.41) is 0.653. The van der Waals surface area contributed by atoms with Crippen LogP contribution in [0.3, 0.4) is 0 Å². The quantitative estimate of drug-likeness (QED) is 0.582. The fourth-order valence-corrected chi connectivity index (χ4v) is 4.78. The normalized spacial score (nSPS) is 15.2. The highest BCUT2D eigenvalue weighted by molar-refractivity contribution is 6.33. The highest BCUT2D eigenvalue weighted by atomic mass is 35.5. The molecule has 0 saturated heterocycles. The van der Waals surface area contributed by atoms with Crippen LogP contribution in [0.4, 0.5) is 5.82 Å². The van der Waals surface area contributed by atoms with E-state index in [1.165, 1.54) is 10.5 Å². The van der Waals surface area contributed by atoms with Gasteiger partial charge in [0.25, 0.3) is 0 Å². The number of anilines is 1. The average Bonchev–Trinajstić information content (AvgIpc) is 2.85. The average molecular weight is 462 g/mol. The predicted octanol–water partition coefficient (Wildman–Crippen LogP) is 4.27. The van der Waals surface area contributed by atoms with E-state index in [2.05, 4.69) is 11.1 Å². The van der Waals surface area contributed by atoms with Gasteiger partial charge in [-0.1, -0.05) is 35.9 Å². The van der Waals surface area contributed by atoms with Gasteiger partial charge >= 0.3 is 0 Å². The van der Waals surface area contributed by atoms with Gasteiger partial charge in [-0.2, -0.15) is 0 Å². The van der Waals surface area contributed by atoms with Gasteiger partial charge in [0.15, 0.2) is 0 Å². The van der Waals surface area contributed by atoms with Gasteiger partial charge in [-0.25, -0.2) is 4.98 Å². The Labute approximate surface area is 197 Å². The van der Waals surface area contributed by atoms with E-state index in [0.29, 0.717) is 36.8 Å².